The molecule has 0 N–H and O–H groups in total. The third-order valence-corrected chi connectivity index (χ3v) is 35.8. The molecular weight excluding hydrogens is 927 g/mol. The molecule has 0 amide bonds. The summed E-state index contributed by atoms with van der Waals surface area (Å²) in [5.41, 5.74) is 11.2. The largest absolute Gasteiger partial charge is 1.00 e. The first kappa shape index (κ1) is 57.3. The number of allylic oxidation sites excluding steroid dienone is 4. The molecule has 0 aromatic heterocycles. The molecule has 0 saturated carbocycles. The van der Waals surface area contributed by atoms with Gasteiger partial charge in [0, 0.05) is 0 Å². The second-order valence-corrected chi connectivity index (χ2v) is 59.9. The molecule has 0 atom stereocenters. The standard InChI is InChI=1S/C48H81Si7.3ClH.Ti/c1-32-33(2)35(4)45(34(32)3)55(42-29-26-39(49(8,9)10)36(5)46(42)52(17,18)19,43-30-27-40(50(11,12)13)37(6)47(43)53(20,21)22)44-31-28-41(51(14,15)16)38(7)48(44)54(23,24)25;;;;/h26-31H,1-25H3;3*1H;/q;;;;+3/p-3. The molecule has 1 aliphatic rings. The van der Waals surface area contributed by atoms with Gasteiger partial charge in [-0.05, 0) is 0 Å². The maximum absolute atomic E-state index is 3.09. The number of hydrogen-bond donors (Lipinski definition) is 0. The van der Waals surface area contributed by atoms with Crippen molar-refractivity contribution in [2.45, 2.75) is 170 Å². The van der Waals surface area contributed by atoms with E-state index in [-0.39, 0.29) is 40.6 Å². The molecule has 0 spiro atoms. The van der Waals surface area contributed by atoms with E-state index in [1.165, 1.54) is 11.1 Å². The fraction of sp³-hybridized carbons (Fsp3) is 0.542. The van der Waals surface area contributed by atoms with Crippen LogP contribution in [0.4, 0.5) is 0 Å². The Morgan fingerprint density at radius 2 is 0.508 bits per heavy atom. The average Bonchev–Trinajstić information content (AvgIpc) is 3.13. The molecule has 0 fully saturated rings. The Balaban J connectivity index is 0.00000580. The molecule has 4 rings (SSSR count). The molecule has 0 unspecified atom stereocenters. The fourth-order valence-electron chi connectivity index (χ4n) is 11.4. The van der Waals surface area contributed by atoms with Gasteiger partial charge in [-0.2, -0.15) is 0 Å². The number of rotatable bonds is 10. The van der Waals surface area contributed by atoms with Gasteiger partial charge in [0.1, 0.15) is 0 Å². The van der Waals surface area contributed by atoms with E-state index in [0.29, 0.717) is 0 Å². The minimum absolute atomic E-state index is 0. The van der Waals surface area contributed by atoms with Crippen molar-refractivity contribution < 1.29 is 57.7 Å². The van der Waals surface area contributed by atoms with Crippen LogP contribution in [0.3, 0.4) is 0 Å². The minimum Gasteiger partial charge on any atom is -1.00 e. The Hall–Kier alpha value is 0.242. The van der Waals surface area contributed by atoms with Crippen molar-refractivity contribution in [2.24, 2.45) is 0 Å². The molecular formula is C48H81Cl3Si7Ti. The number of halogens is 3. The van der Waals surface area contributed by atoms with Gasteiger partial charge >= 0.3 is 369 Å². The predicted octanol–water partition coefficient (Wildman–Crippen LogP) is 0.296. The molecule has 59 heavy (non-hydrogen) atoms. The van der Waals surface area contributed by atoms with Crippen LogP contribution in [-0.2, 0) is 20.4 Å². The molecule has 11 heteroatoms. The van der Waals surface area contributed by atoms with Crippen LogP contribution in [0.5, 0.6) is 0 Å². The summed E-state index contributed by atoms with van der Waals surface area (Å²) in [5, 5.41) is 15.6. The summed E-state index contributed by atoms with van der Waals surface area (Å²) in [4.78, 5) is 0. The molecule has 0 bridgehead atoms. The second-order valence-electron chi connectivity index (χ2n) is 24.0. The molecule has 326 valence electrons. The van der Waals surface area contributed by atoms with Crippen molar-refractivity contribution in [3.05, 3.63) is 75.4 Å². The van der Waals surface area contributed by atoms with E-state index < -0.39 is 56.5 Å². The van der Waals surface area contributed by atoms with Gasteiger partial charge < -0.3 is 37.2 Å². The van der Waals surface area contributed by atoms with E-state index in [9.17, 15) is 0 Å². The van der Waals surface area contributed by atoms with Gasteiger partial charge in [-0.25, -0.2) is 0 Å². The van der Waals surface area contributed by atoms with Gasteiger partial charge in [0.15, 0.2) is 0 Å². The van der Waals surface area contributed by atoms with E-state index in [1.807, 2.05) is 0 Å². The maximum atomic E-state index is 2.79. The first-order valence-electron chi connectivity index (χ1n) is 21.5. The summed E-state index contributed by atoms with van der Waals surface area (Å²) in [6.07, 6.45) is 0. The number of hydrogen-bond acceptors (Lipinski definition) is 0. The SMILES string of the molecule is CC1=C(C)[C]([Ti+3])([Si](c2ccc([Si](C)(C)C)c(C)c2[Si](C)(C)C)(c2ccc([Si](C)(C)C)c(C)c2[Si](C)(C)C)c2ccc([Si](C)(C)C)c(C)c2[Si](C)(C)C)C(C)=C1C.[Cl-].[Cl-].[Cl-]. The van der Waals surface area contributed by atoms with Crippen LogP contribution < -0.4 is 83.9 Å². The Kier molecular flexibility index (Phi) is 17.7. The molecule has 0 heterocycles. The molecule has 0 radical (unpaired) electrons. The van der Waals surface area contributed by atoms with Crippen molar-refractivity contribution >= 4 is 103 Å². The zero-order valence-electron chi connectivity index (χ0n) is 42.1. The Morgan fingerprint density at radius 3 is 0.678 bits per heavy atom. The van der Waals surface area contributed by atoms with Gasteiger partial charge in [0.25, 0.3) is 0 Å². The van der Waals surface area contributed by atoms with Crippen molar-refractivity contribution in [1.82, 2.24) is 0 Å². The van der Waals surface area contributed by atoms with Gasteiger partial charge in [0.05, 0.1) is 0 Å². The summed E-state index contributed by atoms with van der Waals surface area (Å²) in [6.45, 7) is 64.9. The first-order chi connectivity index (χ1) is 24.9. The normalized spacial score (nSPS) is 15.6. The fourth-order valence-corrected chi connectivity index (χ4v) is 37.6. The Bertz CT molecular complexity index is 1920. The van der Waals surface area contributed by atoms with Crippen LogP contribution in [-0.4, -0.2) is 56.5 Å². The summed E-state index contributed by atoms with van der Waals surface area (Å²) in [6, 6.07) is 16.4. The molecule has 0 saturated heterocycles. The van der Waals surface area contributed by atoms with Crippen LogP contribution in [0.15, 0.2) is 58.7 Å². The van der Waals surface area contributed by atoms with Gasteiger partial charge in [-0.3, -0.25) is 0 Å². The van der Waals surface area contributed by atoms with Crippen LogP contribution in [0.1, 0.15) is 44.4 Å². The first-order valence-corrected chi connectivity index (χ1v) is 45.3. The zero-order chi connectivity index (χ0) is 43.5. The minimum atomic E-state index is -3.09. The number of benzene rings is 3. The zero-order valence-corrected chi connectivity index (χ0v) is 52.9. The van der Waals surface area contributed by atoms with E-state index >= 15 is 0 Å². The summed E-state index contributed by atoms with van der Waals surface area (Å²) in [7, 11) is -13.9. The van der Waals surface area contributed by atoms with Crippen LogP contribution in [0, 0.1) is 20.8 Å². The summed E-state index contributed by atoms with van der Waals surface area (Å²) in [5.74, 6) is 0. The summed E-state index contributed by atoms with van der Waals surface area (Å²) >= 11 is 2.77. The quantitative estimate of drug-likeness (QED) is 0.203. The maximum Gasteiger partial charge on any atom is -1.00 e. The van der Waals surface area contributed by atoms with Crippen LogP contribution in [0.25, 0.3) is 0 Å². The topological polar surface area (TPSA) is 0 Å². The molecule has 0 aliphatic heterocycles. The van der Waals surface area contributed by atoms with Gasteiger partial charge in [-0.1, -0.05) is 0 Å². The third kappa shape index (κ3) is 9.64. The van der Waals surface area contributed by atoms with Crippen molar-refractivity contribution in [1.29, 1.82) is 0 Å². The van der Waals surface area contributed by atoms with Crippen molar-refractivity contribution in [2.75, 3.05) is 0 Å². The summed E-state index contributed by atoms with van der Waals surface area (Å²) < 4.78 is -0.147. The third-order valence-electron chi connectivity index (χ3n) is 13.7. The van der Waals surface area contributed by atoms with Crippen molar-refractivity contribution in [3.8, 4) is 0 Å². The smallest absolute Gasteiger partial charge is 1.00 e. The predicted molar refractivity (Wildman–Crippen MR) is 276 cm³/mol. The Morgan fingerprint density at radius 1 is 0.322 bits per heavy atom. The van der Waals surface area contributed by atoms with Crippen molar-refractivity contribution in [3.63, 3.8) is 0 Å². The van der Waals surface area contributed by atoms with E-state index in [0.717, 1.165) is 0 Å². The van der Waals surface area contributed by atoms with E-state index in [4.69, 9.17) is 0 Å². The molecule has 3 aromatic rings. The van der Waals surface area contributed by atoms with Gasteiger partial charge in [0.2, 0.25) is 0 Å². The average molecular weight is 1010 g/mol. The molecule has 3 aromatic carbocycles. The molecule has 1 aliphatic carbocycles. The molecule has 0 nitrogen and oxygen atoms in total. The monoisotopic (exact) mass is 1010 g/mol. The van der Waals surface area contributed by atoms with Gasteiger partial charge in [-0.15, -0.1) is 0 Å². The Labute approximate surface area is 402 Å². The van der Waals surface area contributed by atoms with Crippen LogP contribution in [0.2, 0.25) is 121 Å². The van der Waals surface area contributed by atoms with E-state index in [2.05, 4.69) is 223 Å². The second kappa shape index (κ2) is 18.3. The van der Waals surface area contributed by atoms with Crippen LogP contribution >= 0.6 is 0 Å². The van der Waals surface area contributed by atoms with E-state index in [1.54, 1.807) is 74.5 Å².